The Bertz CT molecular complexity index is 1010. The van der Waals surface area contributed by atoms with Crippen LogP contribution in [0.25, 0.3) is 5.69 Å². The smallest absolute Gasteiger partial charge is 0.259 e. The van der Waals surface area contributed by atoms with Gasteiger partial charge in [-0.2, -0.15) is 15.0 Å². The van der Waals surface area contributed by atoms with E-state index in [0.29, 0.717) is 29.6 Å². The average Bonchev–Trinajstić information content (AvgIpc) is 3.28. The average molecular weight is 429 g/mol. The van der Waals surface area contributed by atoms with Crippen LogP contribution in [0.4, 0.5) is 10.2 Å². The molecule has 1 aromatic carbocycles. The van der Waals surface area contributed by atoms with Gasteiger partial charge in [0.25, 0.3) is 5.91 Å². The fraction of sp³-hybridized carbons (Fsp3) is 0.333. The van der Waals surface area contributed by atoms with Crippen molar-refractivity contribution in [3.8, 4) is 5.69 Å². The van der Waals surface area contributed by atoms with E-state index in [4.69, 9.17) is 11.6 Å². The molecule has 3 aromatic rings. The van der Waals surface area contributed by atoms with E-state index in [1.54, 1.807) is 35.4 Å². The first-order valence-electron chi connectivity index (χ1n) is 9.86. The minimum Gasteiger partial charge on any atom is -0.368 e. The molecule has 1 amide bonds. The second kappa shape index (κ2) is 8.79. The van der Waals surface area contributed by atoms with Crippen molar-refractivity contribution < 1.29 is 9.18 Å². The highest BCUT2D eigenvalue weighted by atomic mass is 35.5. The molecular formula is C21H22ClFN6O. The number of carbonyl (C=O) groups excluding carboxylic acids is 1. The number of pyridine rings is 1. The predicted octanol–water partition coefficient (Wildman–Crippen LogP) is 3.81. The van der Waals surface area contributed by atoms with Gasteiger partial charge in [-0.1, -0.05) is 24.6 Å². The monoisotopic (exact) mass is 428 g/mol. The molecule has 2 atom stereocenters. The van der Waals surface area contributed by atoms with Crippen molar-refractivity contribution in [2.45, 2.75) is 25.8 Å². The van der Waals surface area contributed by atoms with Gasteiger partial charge in [0, 0.05) is 19.3 Å². The van der Waals surface area contributed by atoms with E-state index in [2.05, 4.69) is 27.4 Å². The number of hydrogen-bond acceptors (Lipinski definition) is 5. The fourth-order valence-electron chi connectivity index (χ4n) is 3.88. The van der Waals surface area contributed by atoms with Gasteiger partial charge < -0.3 is 10.2 Å². The lowest BCUT2D eigenvalue weighted by molar-refractivity contribution is 0.0535. The number of anilines is 1. The molecule has 0 spiro atoms. The Hall–Kier alpha value is -3.00. The number of aromatic nitrogens is 4. The van der Waals surface area contributed by atoms with Gasteiger partial charge in [0.05, 0.1) is 23.5 Å². The molecule has 1 N–H and O–H groups in total. The Kier molecular flexibility index (Phi) is 5.94. The van der Waals surface area contributed by atoms with Crippen molar-refractivity contribution in [3.05, 3.63) is 65.3 Å². The Morgan fingerprint density at radius 3 is 2.80 bits per heavy atom. The second-order valence-electron chi connectivity index (χ2n) is 7.38. The molecular weight excluding hydrogens is 407 g/mol. The third kappa shape index (κ3) is 4.14. The van der Waals surface area contributed by atoms with Gasteiger partial charge in [0.15, 0.2) is 0 Å². The van der Waals surface area contributed by atoms with Crippen molar-refractivity contribution in [3.63, 3.8) is 0 Å². The van der Waals surface area contributed by atoms with Crippen LogP contribution in [0.15, 0.2) is 48.9 Å². The third-order valence-electron chi connectivity index (χ3n) is 5.44. The fourth-order valence-corrected chi connectivity index (χ4v) is 3.99. The molecule has 1 aliphatic rings. The van der Waals surface area contributed by atoms with Crippen LogP contribution in [0.5, 0.6) is 0 Å². The van der Waals surface area contributed by atoms with Crippen molar-refractivity contribution >= 4 is 23.3 Å². The summed E-state index contributed by atoms with van der Waals surface area (Å²) in [4.78, 5) is 20.8. The summed E-state index contributed by atoms with van der Waals surface area (Å²) >= 11 is 5.90. The molecule has 1 aliphatic heterocycles. The van der Waals surface area contributed by atoms with Crippen LogP contribution in [0.2, 0.25) is 5.02 Å². The largest absolute Gasteiger partial charge is 0.368 e. The molecule has 30 heavy (non-hydrogen) atoms. The van der Waals surface area contributed by atoms with Crippen molar-refractivity contribution in [1.29, 1.82) is 0 Å². The zero-order valence-corrected chi connectivity index (χ0v) is 17.3. The van der Waals surface area contributed by atoms with E-state index in [9.17, 15) is 9.18 Å². The zero-order chi connectivity index (χ0) is 21.1. The summed E-state index contributed by atoms with van der Waals surface area (Å²) in [5.41, 5.74) is 0.312. The first kappa shape index (κ1) is 20.3. The highest BCUT2D eigenvalue weighted by Crippen LogP contribution is 2.28. The molecule has 0 radical (unpaired) electrons. The number of nitrogens with one attached hydrogen (secondary N) is 1. The zero-order valence-electron chi connectivity index (χ0n) is 16.5. The number of piperidine rings is 1. The highest BCUT2D eigenvalue weighted by molar-refractivity contribution is 6.30. The van der Waals surface area contributed by atoms with Crippen LogP contribution in [-0.2, 0) is 0 Å². The molecule has 0 bridgehead atoms. The van der Waals surface area contributed by atoms with E-state index < -0.39 is 5.82 Å². The molecule has 2 aromatic heterocycles. The minimum absolute atomic E-state index is 0.0163. The number of rotatable bonds is 5. The predicted molar refractivity (Wildman–Crippen MR) is 112 cm³/mol. The van der Waals surface area contributed by atoms with Gasteiger partial charge in [0.2, 0.25) is 0 Å². The van der Waals surface area contributed by atoms with E-state index in [1.807, 2.05) is 0 Å². The van der Waals surface area contributed by atoms with E-state index in [1.165, 1.54) is 23.3 Å². The van der Waals surface area contributed by atoms with E-state index in [-0.39, 0.29) is 23.4 Å². The molecule has 1 fully saturated rings. The Morgan fingerprint density at radius 2 is 2.07 bits per heavy atom. The SMILES string of the molecule is CC1CCCN(C(=O)c2c(F)cccc2-n2nccn2)C1CNc1ccc(Cl)cn1. The highest BCUT2D eigenvalue weighted by Gasteiger charge is 2.34. The van der Waals surface area contributed by atoms with Crippen molar-refractivity contribution in [2.24, 2.45) is 5.92 Å². The third-order valence-corrected chi connectivity index (χ3v) is 5.66. The standard InChI is InChI=1S/C21H22ClFN6O/c1-14-4-3-11-28(18(14)13-25-19-8-7-15(22)12-24-19)21(30)20-16(23)5-2-6-17(20)29-26-9-10-27-29/h2,5-10,12,14,18H,3-4,11,13H2,1H3,(H,24,25). The van der Waals surface area contributed by atoms with Gasteiger partial charge in [-0.25, -0.2) is 9.37 Å². The first-order chi connectivity index (χ1) is 14.5. The first-order valence-corrected chi connectivity index (χ1v) is 10.2. The van der Waals surface area contributed by atoms with Crippen LogP contribution in [0.3, 0.4) is 0 Å². The summed E-state index contributed by atoms with van der Waals surface area (Å²) in [6.45, 7) is 3.17. The molecule has 1 saturated heterocycles. The summed E-state index contributed by atoms with van der Waals surface area (Å²) in [5.74, 6) is -0.0145. The maximum atomic E-state index is 14.8. The normalized spacial score (nSPS) is 19.0. The van der Waals surface area contributed by atoms with Crippen LogP contribution in [0, 0.1) is 11.7 Å². The number of carbonyl (C=O) groups is 1. The number of halogens is 2. The number of amides is 1. The molecule has 4 rings (SSSR count). The maximum absolute atomic E-state index is 14.8. The van der Waals surface area contributed by atoms with Gasteiger partial charge in [-0.05, 0) is 43.0 Å². The summed E-state index contributed by atoms with van der Waals surface area (Å²) < 4.78 is 14.8. The van der Waals surface area contributed by atoms with Gasteiger partial charge in [-0.3, -0.25) is 4.79 Å². The topological polar surface area (TPSA) is 75.9 Å². The van der Waals surface area contributed by atoms with Crippen LogP contribution in [0.1, 0.15) is 30.1 Å². The summed E-state index contributed by atoms with van der Waals surface area (Å²) in [6, 6.07) is 7.93. The van der Waals surface area contributed by atoms with Crippen LogP contribution < -0.4 is 5.32 Å². The lowest BCUT2D eigenvalue weighted by Gasteiger charge is -2.40. The number of likely N-dealkylation sites (tertiary alicyclic amines) is 1. The second-order valence-corrected chi connectivity index (χ2v) is 7.82. The molecule has 3 heterocycles. The van der Waals surface area contributed by atoms with E-state index in [0.717, 1.165) is 12.8 Å². The molecule has 0 saturated carbocycles. The maximum Gasteiger partial charge on any atom is 0.259 e. The van der Waals surface area contributed by atoms with Gasteiger partial charge >= 0.3 is 0 Å². The van der Waals surface area contributed by atoms with Crippen LogP contribution in [-0.4, -0.2) is 49.9 Å². The van der Waals surface area contributed by atoms with E-state index >= 15 is 0 Å². The quantitative estimate of drug-likeness (QED) is 0.668. The number of hydrogen-bond donors (Lipinski definition) is 1. The summed E-state index contributed by atoms with van der Waals surface area (Å²) in [6.07, 6.45) is 6.42. The molecule has 0 aliphatic carbocycles. The molecule has 9 heteroatoms. The van der Waals surface area contributed by atoms with Crippen molar-refractivity contribution in [1.82, 2.24) is 24.9 Å². The summed E-state index contributed by atoms with van der Waals surface area (Å²) in [7, 11) is 0. The minimum atomic E-state index is -0.584. The lowest BCUT2D eigenvalue weighted by atomic mass is 9.90. The van der Waals surface area contributed by atoms with Crippen molar-refractivity contribution in [2.75, 3.05) is 18.4 Å². The Balaban J connectivity index is 1.61. The summed E-state index contributed by atoms with van der Waals surface area (Å²) in [5, 5.41) is 12.0. The van der Waals surface area contributed by atoms with Gasteiger partial charge in [0.1, 0.15) is 22.9 Å². The van der Waals surface area contributed by atoms with Crippen LogP contribution >= 0.6 is 11.6 Å². The Morgan fingerprint density at radius 1 is 1.27 bits per heavy atom. The number of nitrogens with zero attached hydrogens (tertiary/aromatic N) is 5. The molecule has 7 nitrogen and oxygen atoms in total. The molecule has 156 valence electrons. The Labute approximate surface area is 178 Å². The lowest BCUT2D eigenvalue weighted by Crippen LogP contribution is -2.51. The number of benzene rings is 1. The van der Waals surface area contributed by atoms with Gasteiger partial charge in [-0.15, -0.1) is 0 Å². The molecule has 2 unspecified atom stereocenters.